The molecule has 0 radical (unpaired) electrons. The van der Waals surface area contributed by atoms with Crippen molar-refractivity contribution in [3.05, 3.63) is 17.0 Å². The minimum absolute atomic E-state index is 0.0411. The van der Waals surface area contributed by atoms with Gasteiger partial charge in [0.15, 0.2) is 0 Å². The van der Waals surface area contributed by atoms with Crippen LogP contribution in [0.3, 0.4) is 0 Å². The van der Waals surface area contributed by atoms with Crippen molar-refractivity contribution >= 4 is 21.4 Å². The van der Waals surface area contributed by atoms with Gasteiger partial charge in [0.1, 0.15) is 4.21 Å². The lowest BCUT2D eigenvalue weighted by Crippen LogP contribution is -2.44. The maximum atomic E-state index is 12.5. The predicted octanol–water partition coefficient (Wildman–Crippen LogP) is 1.66. The van der Waals surface area contributed by atoms with Crippen LogP contribution in [0, 0.1) is 0 Å². The molecule has 0 aromatic carbocycles. The first-order valence-electron chi connectivity index (χ1n) is 6.82. The molecule has 0 amide bonds. The quantitative estimate of drug-likeness (QED) is 0.897. The van der Waals surface area contributed by atoms with Crippen LogP contribution in [0.15, 0.2) is 15.7 Å². The first kappa shape index (κ1) is 15.9. The molecule has 1 atom stereocenters. The van der Waals surface area contributed by atoms with Crippen LogP contribution in [-0.2, 0) is 21.3 Å². The van der Waals surface area contributed by atoms with E-state index in [1.165, 1.54) is 15.6 Å². The van der Waals surface area contributed by atoms with Crippen LogP contribution < -0.4 is 5.32 Å². The molecule has 0 bridgehead atoms. The highest BCUT2D eigenvalue weighted by Crippen LogP contribution is 2.25. The Morgan fingerprint density at radius 2 is 2.30 bits per heavy atom. The fraction of sp³-hybridized carbons (Fsp3) is 0.692. The lowest BCUT2D eigenvalue weighted by molar-refractivity contribution is 0.0102. The van der Waals surface area contributed by atoms with Gasteiger partial charge < -0.3 is 10.1 Å². The lowest BCUT2D eigenvalue weighted by atomic mass is 10.3. The molecule has 0 aliphatic carbocycles. The molecule has 1 aliphatic heterocycles. The van der Waals surface area contributed by atoms with E-state index < -0.39 is 10.0 Å². The molecule has 1 fully saturated rings. The Labute approximate surface area is 125 Å². The number of hydrogen-bond acceptors (Lipinski definition) is 5. The van der Waals surface area contributed by atoms with Gasteiger partial charge in [0.2, 0.25) is 0 Å². The molecule has 1 unspecified atom stereocenters. The number of sulfonamides is 1. The van der Waals surface area contributed by atoms with Gasteiger partial charge in [-0.1, -0.05) is 13.8 Å². The summed E-state index contributed by atoms with van der Waals surface area (Å²) >= 11 is 1.29. The Morgan fingerprint density at radius 1 is 1.55 bits per heavy atom. The van der Waals surface area contributed by atoms with Gasteiger partial charge in [0.25, 0.3) is 10.0 Å². The smallest absolute Gasteiger partial charge is 0.252 e. The molecule has 1 aliphatic rings. The Hall–Kier alpha value is -0.470. The van der Waals surface area contributed by atoms with Gasteiger partial charge in [-0.25, -0.2) is 8.42 Å². The van der Waals surface area contributed by atoms with E-state index in [1.807, 2.05) is 12.3 Å². The normalized spacial score (nSPS) is 21.5. The first-order valence-corrected chi connectivity index (χ1v) is 9.14. The Kier molecular flexibility index (Phi) is 5.19. The highest BCUT2D eigenvalue weighted by molar-refractivity contribution is 7.91. The summed E-state index contributed by atoms with van der Waals surface area (Å²) in [4.78, 5) is 0. The molecule has 20 heavy (non-hydrogen) atoms. The molecule has 1 aromatic heterocycles. The van der Waals surface area contributed by atoms with E-state index in [9.17, 15) is 8.42 Å². The van der Waals surface area contributed by atoms with E-state index in [1.54, 1.807) is 6.07 Å². The highest BCUT2D eigenvalue weighted by atomic mass is 32.2. The van der Waals surface area contributed by atoms with Crippen molar-refractivity contribution in [1.29, 1.82) is 0 Å². The first-order chi connectivity index (χ1) is 9.39. The number of nitrogens with zero attached hydrogens (tertiary/aromatic N) is 1. The number of thiophene rings is 1. The van der Waals surface area contributed by atoms with Crippen molar-refractivity contribution in [1.82, 2.24) is 9.62 Å². The van der Waals surface area contributed by atoms with Gasteiger partial charge in [-0.15, -0.1) is 11.3 Å². The summed E-state index contributed by atoms with van der Waals surface area (Å²) in [5.74, 6) is 0. The summed E-state index contributed by atoms with van der Waals surface area (Å²) in [5, 5.41) is 5.20. The summed E-state index contributed by atoms with van der Waals surface area (Å²) in [6.07, 6.45) is -0.0411. The third-order valence-corrected chi connectivity index (χ3v) is 6.47. The van der Waals surface area contributed by atoms with E-state index in [0.717, 1.165) is 5.56 Å². The Bertz CT molecular complexity index is 540. The van der Waals surface area contributed by atoms with Crippen LogP contribution >= 0.6 is 11.3 Å². The summed E-state index contributed by atoms with van der Waals surface area (Å²) in [7, 11) is -3.37. The topological polar surface area (TPSA) is 58.6 Å². The maximum Gasteiger partial charge on any atom is 0.252 e. The lowest BCUT2D eigenvalue weighted by Gasteiger charge is -2.29. The molecule has 7 heteroatoms. The molecule has 1 aromatic rings. The number of rotatable bonds is 5. The van der Waals surface area contributed by atoms with Crippen LogP contribution in [0.4, 0.5) is 0 Å². The molecule has 0 saturated carbocycles. The third-order valence-electron chi connectivity index (χ3n) is 3.14. The van der Waals surface area contributed by atoms with Crippen LogP contribution in [0.25, 0.3) is 0 Å². The van der Waals surface area contributed by atoms with E-state index in [-0.39, 0.29) is 6.10 Å². The van der Waals surface area contributed by atoms with Crippen molar-refractivity contribution in [2.75, 3.05) is 19.7 Å². The average Bonchev–Trinajstić information content (AvgIpc) is 2.86. The number of morpholine rings is 1. The number of nitrogens with one attached hydrogen (secondary N) is 1. The molecule has 2 heterocycles. The number of ether oxygens (including phenoxy) is 1. The minimum Gasteiger partial charge on any atom is -0.376 e. The molecule has 114 valence electrons. The molecule has 0 spiro atoms. The SMILES string of the molecule is CC(C)NCc1csc(S(=O)(=O)N2CCOC(C)C2)c1. The number of hydrogen-bond donors (Lipinski definition) is 1. The van der Waals surface area contributed by atoms with E-state index in [0.29, 0.717) is 36.5 Å². The third kappa shape index (κ3) is 3.79. The van der Waals surface area contributed by atoms with Gasteiger partial charge in [-0.3, -0.25) is 0 Å². The van der Waals surface area contributed by atoms with Crippen molar-refractivity contribution < 1.29 is 13.2 Å². The van der Waals surface area contributed by atoms with Crippen LogP contribution in [0.2, 0.25) is 0 Å². The zero-order valence-corrected chi connectivity index (χ0v) is 13.8. The molecule has 1 saturated heterocycles. The van der Waals surface area contributed by atoms with Crippen molar-refractivity contribution in [3.8, 4) is 0 Å². The van der Waals surface area contributed by atoms with E-state index in [4.69, 9.17) is 4.74 Å². The Morgan fingerprint density at radius 3 is 2.95 bits per heavy atom. The fourth-order valence-electron chi connectivity index (χ4n) is 2.04. The monoisotopic (exact) mass is 318 g/mol. The minimum atomic E-state index is -3.37. The molecular weight excluding hydrogens is 296 g/mol. The molecule has 2 rings (SSSR count). The maximum absolute atomic E-state index is 12.5. The van der Waals surface area contributed by atoms with Crippen molar-refractivity contribution in [3.63, 3.8) is 0 Å². The van der Waals surface area contributed by atoms with Crippen molar-refractivity contribution in [2.45, 2.75) is 43.7 Å². The molecule has 5 nitrogen and oxygen atoms in total. The van der Waals surface area contributed by atoms with E-state index in [2.05, 4.69) is 19.2 Å². The van der Waals surface area contributed by atoms with Gasteiger partial charge in [0.05, 0.1) is 12.7 Å². The summed E-state index contributed by atoms with van der Waals surface area (Å²) in [6.45, 7) is 8.06. The van der Waals surface area contributed by atoms with Gasteiger partial charge in [-0.05, 0) is 23.9 Å². The highest BCUT2D eigenvalue weighted by Gasteiger charge is 2.30. The van der Waals surface area contributed by atoms with E-state index >= 15 is 0 Å². The predicted molar refractivity (Wildman–Crippen MR) is 80.5 cm³/mol. The summed E-state index contributed by atoms with van der Waals surface area (Å²) < 4.78 is 32.4. The van der Waals surface area contributed by atoms with Gasteiger partial charge in [-0.2, -0.15) is 4.31 Å². The van der Waals surface area contributed by atoms with Crippen LogP contribution in [0.1, 0.15) is 26.3 Å². The average molecular weight is 318 g/mol. The molecule has 1 N–H and O–H groups in total. The van der Waals surface area contributed by atoms with Crippen molar-refractivity contribution in [2.24, 2.45) is 0 Å². The van der Waals surface area contributed by atoms with Gasteiger partial charge in [0, 0.05) is 25.7 Å². The van der Waals surface area contributed by atoms with Crippen LogP contribution in [-0.4, -0.2) is 44.6 Å². The zero-order chi connectivity index (χ0) is 14.8. The second kappa shape index (κ2) is 6.53. The standard InChI is InChI=1S/C13H22N2O3S2/c1-10(2)14-7-12-6-13(19-9-12)20(16,17)15-4-5-18-11(3)8-15/h6,9-11,14H,4-5,7-8H2,1-3H3. The summed E-state index contributed by atoms with van der Waals surface area (Å²) in [6, 6.07) is 2.16. The largest absolute Gasteiger partial charge is 0.376 e. The fourth-order valence-corrected chi connectivity index (χ4v) is 4.90. The van der Waals surface area contributed by atoms with Crippen LogP contribution in [0.5, 0.6) is 0 Å². The second-order valence-electron chi connectivity index (χ2n) is 5.35. The molecular formula is C13H22N2O3S2. The zero-order valence-electron chi connectivity index (χ0n) is 12.1. The Balaban J connectivity index is 2.09. The summed E-state index contributed by atoms with van der Waals surface area (Å²) in [5.41, 5.74) is 1.02. The van der Waals surface area contributed by atoms with Gasteiger partial charge >= 0.3 is 0 Å². The second-order valence-corrected chi connectivity index (χ2v) is 8.43.